The monoisotopic (exact) mass is 497 g/mol. The van der Waals surface area contributed by atoms with Crippen LogP contribution in [0.5, 0.6) is 11.5 Å². The number of hydrogen-bond acceptors (Lipinski definition) is 6. The second-order valence-corrected chi connectivity index (χ2v) is 10.3. The van der Waals surface area contributed by atoms with Crippen molar-refractivity contribution in [2.45, 2.75) is 52.7 Å². The van der Waals surface area contributed by atoms with Crippen LogP contribution in [0.15, 0.2) is 41.2 Å². The van der Waals surface area contributed by atoms with Crippen molar-refractivity contribution >= 4 is 21.8 Å². The highest BCUT2D eigenvalue weighted by atomic mass is 16.6. The van der Waals surface area contributed by atoms with Crippen molar-refractivity contribution < 1.29 is 23.7 Å². The molecule has 0 amide bonds. The minimum atomic E-state index is -0.154. The number of ether oxygens (including phenoxy) is 5. The van der Waals surface area contributed by atoms with Gasteiger partial charge in [-0.3, -0.25) is 4.79 Å². The molecule has 0 saturated heterocycles. The van der Waals surface area contributed by atoms with E-state index in [0.29, 0.717) is 84.8 Å². The first kappa shape index (κ1) is 26.5. The van der Waals surface area contributed by atoms with Crippen LogP contribution in [0.2, 0.25) is 0 Å². The van der Waals surface area contributed by atoms with Crippen molar-refractivity contribution in [1.82, 2.24) is 4.98 Å². The van der Waals surface area contributed by atoms with Gasteiger partial charge in [0.15, 0.2) is 5.43 Å². The molecule has 4 rings (SSSR count). The fourth-order valence-corrected chi connectivity index (χ4v) is 4.64. The number of aromatic nitrogens is 1. The quantitative estimate of drug-likeness (QED) is 0.491. The predicted octanol–water partition coefficient (Wildman–Crippen LogP) is 5.33. The van der Waals surface area contributed by atoms with Crippen LogP contribution < -0.4 is 14.9 Å². The van der Waals surface area contributed by atoms with Crippen molar-refractivity contribution in [3.63, 3.8) is 0 Å². The molecule has 0 unspecified atom stereocenters. The van der Waals surface area contributed by atoms with Crippen molar-refractivity contribution in [3.05, 3.63) is 46.6 Å². The Bertz CT molecular complexity index is 1100. The van der Waals surface area contributed by atoms with Crippen molar-refractivity contribution in [3.8, 4) is 11.5 Å². The van der Waals surface area contributed by atoms with E-state index in [4.69, 9.17) is 23.7 Å². The average molecular weight is 498 g/mol. The van der Waals surface area contributed by atoms with Crippen LogP contribution in [0.3, 0.4) is 0 Å². The zero-order valence-corrected chi connectivity index (χ0v) is 21.9. The summed E-state index contributed by atoms with van der Waals surface area (Å²) in [6, 6.07) is 11.2. The fourth-order valence-electron chi connectivity index (χ4n) is 4.64. The summed E-state index contributed by atoms with van der Waals surface area (Å²) < 4.78 is 30.4. The molecule has 7 heteroatoms. The van der Waals surface area contributed by atoms with Gasteiger partial charge in [-0.15, -0.1) is 0 Å². The van der Waals surface area contributed by atoms with E-state index in [2.05, 4.69) is 32.7 Å². The Kier molecular flexibility index (Phi) is 9.24. The summed E-state index contributed by atoms with van der Waals surface area (Å²) in [7, 11) is 0. The molecular formula is C29H39NO6. The summed E-state index contributed by atoms with van der Waals surface area (Å²) in [5.74, 6) is 2.13. The molecule has 1 aromatic heterocycles. The van der Waals surface area contributed by atoms with E-state index in [-0.39, 0.29) is 17.6 Å². The van der Waals surface area contributed by atoms with Crippen LogP contribution in [0.1, 0.15) is 40.5 Å². The largest absolute Gasteiger partial charge is 0.486 e. The zero-order chi connectivity index (χ0) is 25.5. The normalized spacial score (nSPS) is 20.5. The maximum atomic E-state index is 13.5. The minimum Gasteiger partial charge on any atom is -0.486 e. The van der Waals surface area contributed by atoms with Gasteiger partial charge in [0, 0.05) is 10.8 Å². The highest BCUT2D eigenvalue weighted by molar-refractivity contribution is 5.97. The van der Waals surface area contributed by atoms with Crippen LogP contribution in [-0.4, -0.2) is 56.8 Å². The molecule has 7 nitrogen and oxygen atoms in total. The predicted molar refractivity (Wildman–Crippen MR) is 142 cm³/mol. The Hall–Kier alpha value is -2.61. The lowest BCUT2D eigenvalue weighted by molar-refractivity contribution is -0.0191. The maximum absolute atomic E-state index is 13.5. The summed E-state index contributed by atoms with van der Waals surface area (Å²) in [4.78, 5) is 17.0. The number of benzene rings is 2. The third-order valence-electron chi connectivity index (χ3n) is 6.20. The number of para-hydroxylation sites is 2. The summed E-state index contributed by atoms with van der Waals surface area (Å²) in [6.07, 6.45) is 1.35. The third kappa shape index (κ3) is 6.78. The molecule has 196 valence electrons. The van der Waals surface area contributed by atoms with Crippen molar-refractivity contribution in [2.24, 2.45) is 11.8 Å². The molecule has 1 N–H and O–H groups in total. The van der Waals surface area contributed by atoms with E-state index < -0.39 is 0 Å². The van der Waals surface area contributed by atoms with E-state index in [1.165, 1.54) is 0 Å². The van der Waals surface area contributed by atoms with Gasteiger partial charge in [-0.2, -0.15) is 0 Å². The lowest BCUT2D eigenvalue weighted by Gasteiger charge is -2.23. The molecule has 1 aliphatic rings. The topological polar surface area (TPSA) is 79.0 Å². The Balaban J connectivity index is 1.79. The number of H-pyrrole nitrogens is 1. The Morgan fingerprint density at radius 2 is 1.17 bits per heavy atom. The molecular weight excluding hydrogens is 458 g/mol. The van der Waals surface area contributed by atoms with E-state index in [1.807, 2.05) is 36.4 Å². The number of hydrogen-bond donors (Lipinski definition) is 1. The molecule has 0 aliphatic carbocycles. The van der Waals surface area contributed by atoms with E-state index in [1.54, 1.807) is 0 Å². The van der Waals surface area contributed by atoms with Gasteiger partial charge < -0.3 is 28.7 Å². The first-order valence-electron chi connectivity index (χ1n) is 13.1. The highest BCUT2D eigenvalue weighted by Crippen LogP contribution is 2.30. The number of nitrogens with one attached hydrogen (secondary N) is 1. The molecule has 0 spiro atoms. The van der Waals surface area contributed by atoms with E-state index in [0.717, 1.165) is 12.8 Å². The molecule has 0 radical (unpaired) electrons. The SMILES string of the molecule is CC(C)C[C@@H]1COCCOCCOC[C@@H](CC(C)C)Oc2cccc3c(=O)c4cccc(c4[nH]c23)O1. The van der Waals surface area contributed by atoms with Gasteiger partial charge in [0.05, 0.1) is 50.7 Å². The van der Waals surface area contributed by atoms with Gasteiger partial charge in [0.2, 0.25) is 0 Å². The smallest absolute Gasteiger partial charge is 0.197 e. The number of aromatic amines is 1. The van der Waals surface area contributed by atoms with E-state index in [9.17, 15) is 4.79 Å². The van der Waals surface area contributed by atoms with E-state index >= 15 is 0 Å². The van der Waals surface area contributed by atoms with Crippen LogP contribution in [0.25, 0.3) is 21.8 Å². The van der Waals surface area contributed by atoms with Gasteiger partial charge in [0.1, 0.15) is 23.7 Å². The first-order valence-corrected chi connectivity index (χ1v) is 13.1. The van der Waals surface area contributed by atoms with Gasteiger partial charge in [0.25, 0.3) is 0 Å². The molecule has 1 aliphatic heterocycles. The summed E-state index contributed by atoms with van der Waals surface area (Å²) in [6.45, 7) is 11.5. The lowest BCUT2D eigenvalue weighted by atomic mass is 10.1. The third-order valence-corrected chi connectivity index (χ3v) is 6.20. The first-order chi connectivity index (χ1) is 17.4. The zero-order valence-electron chi connectivity index (χ0n) is 21.9. The van der Waals surface area contributed by atoms with Crippen LogP contribution in [0.4, 0.5) is 0 Å². The maximum Gasteiger partial charge on any atom is 0.197 e. The van der Waals surface area contributed by atoms with Crippen molar-refractivity contribution in [1.29, 1.82) is 0 Å². The average Bonchev–Trinajstić information content (AvgIpc) is 2.82. The highest BCUT2D eigenvalue weighted by Gasteiger charge is 2.20. The number of rotatable bonds is 4. The standard InChI is InChI=1S/C29H39NO6/c1-19(2)15-21-17-33-13-11-32-12-14-34-18-22(16-20(3)4)36-26-10-6-8-24-28(26)30-27-23(29(24)31)7-5-9-25(27)35-21/h5-10,19-22H,11-18H2,1-4H3,(H,30,31)/t21-,22-/m1/s1. The lowest BCUT2D eigenvalue weighted by Crippen LogP contribution is -2.27. The van der Waals surface area contributed by atoms with Gasteiger partial charge in [-0.25, -0.2) is 0 Å². The number of pyridine rings is 1. The molecule has 0 saturated carbocycles. The van der Waals surface area contributed by atoms with Crippen LogP contribution in [0, 0.1) is 11.8 Å². The second kappa shape index (κ2) is 12.6. The van der Waals surface area contributed by atoms with Gasteiger partial charge >= 0.3 is 0 Å². The molecule has 3 aromatic rings. The summed E-state index contributed by atoms with van der Waals surface area (Å²) in [5, 5.41) is 1.18. The van der Waals surface area contributed by atoms with Gasteiger partial charge in [-0.05, 0) is 48.9 Å². The van der Waals surface area contributed by atoms with Gasteiger partial charge in [-0.1, -0.05) is 39.8 Å². The molecule has 36 heavy (non-hydrogen) atoms. The molecule has 2 atom stereocenters. The summed E-state index contributed by atoms with van der Waals surface area (Å²) >= 11 is 0. The molecule has 0 fully saturated rings. The summed E-state index contributed by atoms with van der Waals surface area (Å²) in [5.41, 5.74) is 1.29. The molecule has 2 aromatic carbocycles. The van der Waals surface area contributed by atoms with Crippen molar-refractivity contribution in [2.75, 3.05) is 39.6 Å². The molecule has 2 bridgehead atoms. The minimum absolute atomic E-state index is 0.0467. The fraction of sp³-hybridized carbons (Fsp3) is 0.552. The van der Waals surface area contributed by atoms with Crippen LogP contribution >= 0.6 is 0 Å². The molecule has 2 heterocycles. The van der Waals surface area contributed by atoms with Crippen LogP contribution in [-0.2, 0) is 14.2 Å². The second-order valence-electron chi connectivity index (χ2n) is 10.3. The Morgan fingerprint density at radius 1 is 0.722 bits per heavy atom. The Labute approximate surface area is 213 Å². The Morgan fingerprint density at radius 3 is 1.61 bits per heavy atom.